The van der Waals surface area contributed by atoms with Crippen LogP contribution in [0.3, 0.4) is 0 Å². The molecule has 1 aliphatic rings. The number of aromatic nitrogens is 3. The second-order valence-corrected chi connectivity index (χ2v) is 9.65. The Morgan fingerprint density at radius 1 is 1.20 bits per heavy atom. The number of para-hydroxylation sites is 1. The molecule has 3 aromatic rings. The lowest BCUT2D eigenvalue weighted by atomic mass is 10.2. The second kappa shape index (κ2) is 7.66. The molecule has 0 radical (unpaired) electrons. The number of nitrogens with one attached hydrogen (secondary N) is 1. The molecule has 1 N–H and O–H groups in total. The third-order valence-corrected chi connectivity index (χ3v) is 6.74. The van der Waals surface area contributed by atoms with E-state index >= 15 is 0 Å². The molecule has 2 aromatic heterocycles. The zero-order valence-corrected chi connectivity index (χ0v) is 17.8. The van der Waals surface area contributed by atoms with Crippen LogP contribution in [-0.2, 0) is 16.6 Å². The molecule has 1 amide bonds. The van der Waals surface area contributed by atoms with Crippen molar-refractivity contribution in [3.63, 3.8) is 0 Å². The van der Waals surface area contributed by atoms with Crippen molar-refractivity contribution < 1.29 is 13.2 Å². The van der Waals surface area contributed by atoms with E-state index in [1.54, 1.807) is 41.1 Å². The van der Waals surface area contributed by atoms with Crippen molar-refractivity contribution in [3.05, 3.63) is 65.9 Å². The topological polar surface area (TPSA) is 97.2 Å². The summed E-state index contributed by atoms with van der Waals surface area (Å²) < 4.78 is 29.7. The first kappa shape index (κ1) is 20.2. The average Bonchev–Trinajstić information content (AvgIpc) is 3.07. The summed E-state index contributed by atoms with van der Waals surface area (Å²) in [5.41, 5.74) is 2.15. The lowest BCUT2D eigenvalue weighted by molar-refractivity contribution is 0.102. The number of aryl methyl sites for hydroxylation is 1. The largest absolute Gasteiger partial charge is 0.305 e. The summed E-state index contributed by atoms with van der Waals surface area (Å²) in [7, 11) is -3.72. The summed E-state index contributed by atoms with van der Waals surface area (Å²) >= 11 is 0. The predicted octanol–water partition coefficient (Wildman–Crippen LogP) is 2.99. The van der Waals surface area contributed by atoms with Gasteiger partial charge in [-0.15, -0.1) is 0 Å². The van der Waals surface area contributed by atoms with E-state index < -0.39 is 15.9 Å². The predicted molar refractivity (Wildman–Crippen MR) is 113 cm³/mol. The van der Waals surface area contributed by atoms with Crippen LogP contribution in [0, 0.1) is 12.8 Å². The zero-order valence-electron chi connectivity index (χ0n) is 17.0. The normalized spacial score (nSPS) is 15.3. The van der Waals surface area contributed by atoms with E-state index in [-0.39, 0.29) is 23.1 Å². The van der Waals surface area contributed by atoms with Crippen molar-refractivity contribution in [3.8, 4) is 5.69 Å². The first-order chi connectivity index (χ1) is 14.3. The SMILES string of the molecule is Cc1ccnc(NC(=O)c2ncn3c2CN(CC(C)C)S(=O)(=O)c2ccccc2-3)c1. The number of carbonyl (C=O) groups excluding carboxylic acids is 1. The van der Waals surface area contributed by atoms with Crippen molar-refractivity contribution in [2.24, 2.45) is 5.92 Å². The molecule has 1 aromatic carbocycles. The monoisotopic (exact) mass is 425 g/mol. The van der Waals surface area contributed by atoms with E-state index in [9.17, 15) is 13.2 Å². The van der Waals surface area contributed by atoms with Gasteiger partial charge in [-0.05, 0) is 42.7 Å². The molecule has 4 rings (SSSR count). The maximum absolute atomic E-state index is 13.3. The van der Waals surface area contributed by atoms with Gasteiger partial charge in [-0.3, -0.25) is 9.36 Å². The Morgan fingerprint density at radius 2 is 1.97 bits per heavy atom. The molecule has 0 fully saturated rings. The van der Waals surface area contributed by atoms with E-state index in [0.29, 0.717) is 23.7 Å². The van der Waals surface area contributed by atoms with Crippen molar-refractivity contribution in [2.45, 2.75) is 32.2 Å². The van der Waals surface area contributed by atoms with E-state index in [2.05, 4.69) is 15.3 Å². The van der Waals surface area contributed by atoms with Crippen molar-refractivity contribution in [2.75, 3.05) is 11.9 Å². The second-order valence-electron chi connectivity index (χ2n) is 7.74. The van der Waals surface area contributed by atoms with Crippen molar-refractivity contribution in [1.82, 2.24) is 18.8 Å². The van der Waals surface area contributed by atoms with Crippen LogP contribution in [-0.4, -0.2) is 39.7 Å². The minimum Gasteiger partial charge on any atom is -0.305 e. The average molecular weight is 426 g/mol. The Hall–Kier alpha value is -3.04. The molecule has 1 aliphatic heterocycles. The molecule has 30 heavy (non-hydrogen) atoms. The number of carbonyl (C=O) groups is 1. The highest BCUT2D eigenvalue weighted by Gasteiger charge is 2.35. The minimum atomic E-state index is -3.72. The summed E-state index contributed by atoms with van der Waals surface area (Å²) in [5, 5.41) is 2.76. The minimum absolute atomic E-state index is 0.0548. The molecule has 156 valence electrons. The van der Waals surface area contributed by atoms with Crippen LogP contribution >= 0.6 is 0 Å². The summed E-state index contributed by atoms with van der Waals surface area (Å²) in [5.74, 6) is 0.112. The van der Waals surface area contributed by atoms with Gasteiger partial charge in [-0.1, -0.05) is 26.0 Å². The van der Waals surface area contributed by atoms with Crippen LogP contribution in [0.4, 0.5) is 5.82 Å². The van der Waals surface area contributed by atoms with Crippen LogP contribution in [0.1, 0.15) is 35.6 Å². The highest BCUT2D eigenvalue weighted by Crippen LogP contribution is 2.31. The fraction of sp³-hybridized carbons (Fsp3) is 0.286. The Balaban J connectivity index is 1.80. The summed E-state index contributed by atoms with van der Waals surface area (Å²) in [6, 6.07) is 10.4. The summed E-state index contributed by atoms with van der Waals surface area (Å²) in [6.07, 6.45) is 3.12. The van der Waals surface area contributed by atoms with Gasteiger partial charge in [0.1, 0.15) is 17.0 Å². The van der Waals surface area contributed by atoms with Crippen LogP contribution in [0.25, 0.3) is 5.69 Å². The molecule has 0 spiro atoms. The highest BCUT2D eigenvalue weighted by atomic mass is 32.2. The number of amides is 1. The highest BCUT2D eigenvalue weighted by molar-refractivity contribution is 7.89. The van der Waals surface area contributed by atoms with E-state index in [0.717, 1.165) is 5.56 Å². The molecule has 0 atom stereocenters. The number of hydrogen-bond acceptors (Lipinski definition) is 5. The molecule has 0 bridgehead atoms. The quantitative estimate of drug-likeness (QED) is 0.693. The van der Waals surface area contributed by atoms with E-state index in [4.69, 9.17) is 0 Å². The molecular formula is C21H23N5O3S. The van der Waals surface area contributed by atoms with Gasteiger partial charge >= 0.3 is 0 Å². The Bertz CT molecular complexity index is 1220. The van der Waals surface area contributed by atoms with Crippen molar-refractivity contribution in [1.29, 1.82) is 0 Å². The molecule has 3 heterocycles. The van der Waals surface area contributed by atoms with Gasteiger partial charge in [0.05, 0.1) is 17.9 Å². The summed E-state index contributed by atoms with van der Waals surface area (Å²) in [6.45, 7) is 6.22. The Kier molecular flexibility index (Phi) is 5.17. The third kappa shape index (κ3) is 3.61. The fourth-order valence-electron chi connectivity index (χ4n) is 3.54. The number of imidazole rings is 1. The van der Waals surface area contributed by atoms with Gasteiger partial charge in [-0.2, -0.15) is 4.31 Å². The van der Waals surface area contributed by atoms with Gasteiger partial charge in [0, 0.05) is 12.7 Å². The Labute approximate surface area is 175 Å². The lowest BCUT2D eigenvalue weighted by Gasteiger charge is -2.22. The number of pyridine rings is 1. The van der Waals surface area contributed by atoms with Crippen LogP contribution in [0.15, 0.2) is 53.8 Å². The molecule has 8 nitrogen and oxygen atoms in total. The maximum Gasteiger partial charge on any atom is 0.277 e. The number of sulfonamides is 1. The third-order valence-electron chi connectivity index (χ3n) is 4.88. The van der Waals surface area contributed by atoms with Crippen LogP contribution in [0.5, 0.6) is 0 Å². The van der Waals surface area contributed by atoms with Gasteiger partial charge in [0.15, 0.2) is 5.69 Å². The number of benzene rings is 1. The Morgan fingerprint density at radius 3 is 2.70 bits per heavy atom. The maximum atomic E-state index is 13.3. The first-order valence-electron chi connectivity index (χ1n) is 9.67. The van der Waals surface area contributed by atoms with Crippen LogP contribution in [0.2, 0.25) is 0 Å². The summed E-state index contributed by atoms with van der Waals surface area (Å²) in [4.78, 5) is 21.7. The van der Waals surface area contributed by atoms with Gasteiger partial charge in [-0.25, -0.2) is 18.4 Å². The number of nitrogens with zero attached hydrogens (tertiary/aromatic N) is 4. The standard InChI is InChI=1S/C21H23N5O3S/c1-14(2)11-25-12-17-20(21(27)24-19-10-15(3)8-9-22-19)23-13-26(17)16-6-4-5-7-18(16)30(25,28)29/h4-10,13-14H,11-12H2,1-3H3,(H,22,24,27). The van der Waals surface area contributed by atoms with Gasteiger partial charge < -0.3 is 5.32 Å². The molecule has 0 aliphatic carbocycles. The van der Waals surface area contributed by atoms with Crippen LogP contribution < -0.4 is 5.32 Å². The molecule has 0 saturated carbocycles. The smallest absolute Gasteiger partial charge is 0.277 e. The van der Waals surface area contributed by atoms with E-state index in [1.807, 2.05) is 26.8 Å². The number of rotatable bonds is 4. The van der Waals surface area contributed by atoms with Gasteiger partial charge in [0.2, 0.25) is 10.0 Å². The zero-order chi connectivity index (χ0) is 21.5. The van der Waals surface area contributed by atoms with Crippen molar-refractivity contribution >= 4 is 21.7 Å². The lowest BCUT2D eigenvalue weighted by Crippen LogP contribution is -2.33. The molecular weight excluding hydrogens is 402 g/mol. The first-order valence-corrected chi connectivity index (χ1v) is 11.1. The number of anilines is 1. The number of fused-ring (bicyclic) bond motifs is 3. The fourth-order valence-corrected chi connectivity index (χ4v) is 5.28. The molecule has 9 heteroatoms. The molecule has 0 saturated heterocycles. The molecule has 0 unspecified atom stereocenters. The van der Waals surface area contributed by atoms with E-state index in [1.165, 1.54) is 10.6 Å². The number of hydrogen-bond donors (Lipinski definition) is 1. The van der Waals surface area contributed by atoms with Gasteiger partial charge in [0.25, 0.3) is 5.91 Å².